The van der Waals surface area contributed by atoms with E-state index in [1.54, 1.807) is 6.20 Å². The molecule has 0 saturated carbocycles. The van der Waals surface area contributed by atoms with Gasteiger partial charge in [0.25, 0.3) is 0 Å². The summed E-state index contributed by atoms with van der Waals surface area (Å²) in [7, 11) is 0. The van der Waals surface area contributed by atoms with Crippen molar-refractivity contribution in [2.75, 3.05) is 0 Å². The van der Waals surface area contributed by atoms with Crippen LogP contribution in [-0.4, -0.2) is 4.98 Å². The summed E-state index contributed by atoms with van der Waals surface area (Å²) in [6.45, 7) is 2.27. The third-order valence-corrected chi connectivity index (χ3v) is 3.61. The summed E-state index contributed by atoms with van der Waals surface area (Å²) < 4.78 is 0. The van der Waals surface area contributed by atoms with Crippen LogP contribution in [0.1, 0.15) is 76.7 Å². The second-order valence-electron chi connectivity index (χ2n) is 5.28. The number of hydrogen-bond donors (Lipinski definition) is 1. The van der Waals surface area contributed by atoms with Crippen LogP contribution in [0.15, 0.2) is 12.3 Å². The molecule has 2 radical (unpaired) electrons. The van der Waals surface area contributed by atoms with E-state index in [0.717, 1.165) is 12.0 Å². The Morgan fingerprint density at radius 3 is 1.94 bits per heavy atom. The Morgan fingerprint density at radius 1 is 0.889 bits per heavy atom. The Hall–Kier alpha value is -0.920. The molecule has 1 rings (SSSR count). The lowest BCUT2D eigenvalue weighted by molar-refractivity contribution is 0.556. The van der Waals surface area contributed by atoms with E-state index in [0.29, 0.717) is 5.82 Å². The van der Waals surface area contributed by atoms with Gasteiger partial charge in [-0.05, 0) is 24.5 Å². The van der Waals surface area contributed by atoms with Crippen molar-refractivity contribution in [2.24, 2.45) is 0 Å². The maximum absolute atomic E-state index is 9.44. The van der Waals surface area contributed by atoms with E-state index < -0.39 is 0 Å². The van der Waals surface area contributed by atoms with Crippen molar-refractivity contribution in [2.45, 2.75) is 77.6 Å². The number of rotatable bonds is 11. The largest absolute Gasteiger partial charge is 0.345 e. The second-order valence-corrected chi connectivity index (χ2v) is 5.28. The van der Waals surface area contributed by atoms with Gasteiger partial charge in [0.05, 0.1) is 0 Å². The van der Waals surface area contributed by atoms with Crippen LogP contribution < -0.4 is 5.73 Å². The number of aryl methyl sites for hydroxylation is 1. The Labute approximate surface area is 112 Å². The Kier molecular flexibility index (Phi) is 8.45. The molecule has 0 spiro atoms. The summed E-state index contributed by atoms with van der Waals surface area (Å²) in [4.78, 5) is 2.81. The van der Waals surface area contributed by atoms with Gasteiger partial charge in [-0.15, -0.1) is 5.73 Å². The van der Waals surface area contributed by atoms with E-state index in [-0.39, 0.29) is 0 Å². The fraction of sp³-hybridized carbons (Fsp3) is 0.750. The fourth-order valence-corrected chi connectivity index (χ4v) is 2.40. The Morgan fingerprint density at radius 2 is 1.44 bits per heavy atom. The van der Waals surface area contributed by atoms with Gasteiger partial charge in [0.15, 0.2) is 5.82 Å². The molecule has 0 saturated heterocycles. The molecule has 18 heavy (non-hydrogen) atoms. The summed E-state index contributed by atoms with van der Waals surface area (Å²) in [6, 6.07) is 1.98. The highest BCUT2D eigenvalue weighted by Gasteiger charge is 2.00. The summed E-state index contributed by atoms with van der Waals surface area (Å²) >= 11 is 0. The molecule has 0 aliphatic carbocycles. The van der Waals surface area contributed by atoms with Crippen LogP contribution in [0.2, 0.25) is 0 Å². The molecule has 102 valence electrons. The molecule has 2 heteroatoms. The molecule has 0 atom stereocenters. The highest BCUT2D eigenvalue weighted by atomic mass is 14.8. The molecule has 0 aliphatic heterocycles. The molecule has 0 bridgehead atoms. The van der Waals surface area contributed by atoms with Gasteiger partial charge in [0, 0.05) is 6.20 Å². The van der Waals surface area contributed by atoms with Crippen LogP contribution in [0.4, 0.5) is 5.82 Å². The number of nitrogens with zero attached hydrogens (tertiary/aromatic N) is 1. The first kappa shape index (κ1) is 15.1. The third-order valence-electron chi connectivity index (χ3n) is 3.61. The lowest BCUT2D eigenvalue weighted by Gasteiger charge is -2.02. The lowest BCUT2D eigenvalue weighted by Crippen LogP contribution is -1.86. The molecule has 0 unspecified atom stereocenters. The van der Waals surface area contributed by atoms with Crippen molar-refractivity contribution in [1.82, 2.24) is 10.7 Å². The van der Waals surface area contributed by atoms with Crippen molar-refractivity contribution in [3.05, 3.63) is 17.8 Å². The van der Waals surface area contributed by atoms with Gasteiger partial charge < -0.3 is 4.98 Å². The van der Waals surface area contributed by atoms with E-state index in [1.807, 2.05) is 6.07 Å². The Bertz CT molecular complexity index is 291. The van der Waals surface area contributed by atoms with E-state index >= 15 is 0 Å². The molecule has 1 heterocycles. The molecular weight excluding hydrogens is 220 g/mol. The highest BCUT2D eigenvalue weighted by molar-refractivity contribution is 5.35. The number of nitrogens with one attached hydrogen (secondary N) is 1. The molecular formula is C16H28N2. The van der Waals surface area contributed by atoms with E-state index in [1.165, 1.54) is 64.2 Å². The second kappa shape index (κ2) is 10.0. The van der Waals surface area contributed by atoms with E-state index in [4.69, 9.17) is 0 Å². The molecule has 1 aromatic rings. The number of aromatic amines is 1. The maximum atomic E-state index is 9.44. The molecule has 0 fully saturated rings. The van der Waals surface area contributed by atoms with Gasteiger partial charge in [0.2, 0.25) is 0 Å². The number of hydrogen-bond acceptors (Lipinski definition) is 0. The van der Waals surface area contributed by atoms with Crippen LogP contribution in [0.3, 0.4) is 0 Å². The van der Waals surface area contributed by atoms with Crippen LogP contribution in [0, 0.1) is 0 Å². The molecule has 1 aromatic heterocycles. The summed E-state index contributed by atoms with van der Waals surface area (Å²) in [5.41, 5.74) is 10.5. The minimum atomic E-state index is 0.353. The summed E-state index contributed by atoms with van der Waals surface area (Å²) in [5.74, 6) is 0.353. The topological polar surface area (TPSA) is 38.1 Å². The van der Waals surface area contributed by atoms with Crippen molar-refractivity contribution < 1.29 is 0 Å². The van der Waals surface area contributed by atoms with Crippen molar-refractivity contribution >= 4 is 5.82 Å². The van der Waals surface area contributed by atoms with Crippen molar-refractivity contribution in [3.63, 3.8) is 0 Å². The zero-order chi connectivity index (χ0) is 13.1. The quantitative estimate of drug-likeness (QED) is 0.524. The normalized spacial score (nSPS) is 10.9. The SMILES string of the molecule is CCCCCCCCCCCCc1cc[nH]c1[N]. The average Bonchev–Trinajstić information content (AvgIpc) is 2.77. The van der Waals surface area contributed by atoms with E-state index in [2.05, 4.69) is 11.9 Å². The highest BCUT2D eigenvalue weighted by Crippen LogP contribution is 2.15. The predicted molar refractivity (Wildman–Crippen MR) is 78.1 cm³/mol. The molecule has 0 aliphatic rings. The van der Waals surface area contributed by atoms with Crippen LogP contribution >= 0.6 is 0 Å². The average molecular weight is 248 g/mol. The minimum Gasteiger partial charge on any atom is -0.345 e. The van der Waals surface area contributed by atoms with Crippen molar-refractivity contribution in [1.29, 1.82) is 0 Å². The number of H-pyrrole nitrogens is 1. The lowest BCUT2D eigenvalue weighted by atomic mass is 10.0. The van der Waals surface area contributed by atoms with Gasteiger partial charge in [-0.25, -0.2) is 0 Å². The number of aromatic nitrogens is 1. The van der Waals surface area contributed by atoms with Crippen LogP contribution in [0.25, 0.3) is 0 Å². The first-order valence-electron chi connectivity index (χ1n) is 7.69. The smallest absolute Gasteiger partial charge is 0.155 e. The summed E-state index contributed by atoms with van der Waals surface area (Å²) in [6.07, 6.45) is 16.4. The minimum absolute atomic E-state index is 0.353. The van der Waals surface area contributed by atoms with Gasteiger partial charge in [-0.2, -0.15) is 0 Å². The summed E-state index contributed by atoms with van der Waals surface area (Å²) in [5, 5.41) is 0. The monoisotopic (exact) mass is 248 g/mol. The maximum Gasteiger partial charge on any atom is 0.155 e. The first-order valence-corrected chi connectivity index (χ1v) is 7.69. The predicted octanol–water partition coefficient (Wildman–Crippen LogP) is 5.18. The molecule has 0 aromatic carbocycles. The zero-order valence-electron chi connectivity index (χ0n) is 11.9. The molecule has 0 amide bonds. The molecule has 1 N–H and O–H groups in total. The fourth-order valence-electron chi connectivity index (χ4n) is 2.40. The third kappa shape index (κ3) is 6.73. The molecule has 2 nitrogen and oxygen atoms in total. The Balaban J connectivity index is 1.83. The van der Waals surface area contributed by atoms with E-state index in [9.17, 15) is 5.73 Å². The van der Waals surface area contributed by atoms with Crippen LogP contribution in [-0.2, 0) is 6.42 Å². The van der Waals surface area contributed by atoms with Gasteiger partial charge in [0.1, 0.15) is 0 Å². The van der Waals surface area contributed by atoms with Gasteiger partial charge in [-0.3, -0.25) is 0 Å². The number of unbranched alkanes of at least 4 members (excludes halogenated alkanes) is 9. The van der Waals surface area contributed by atoms with Crippen LogP contribution in [0.5, 0.6) is 0 Å². The van der Waals surface area contributed by atoms with Crippen molar-refractivity contribution in [3.8, 4) is 0 Å². The first-order chi connectivity index (χ1) is 8.84. The standard InChI is InChI=1S/C16H28N2/c1-2-3-4-5-6-7-8-9-10-11-12-15-13-14-18-16(15)17/h13-14,18H,2-12H2,1H3. The zero-order valence-corrected chi connectivity index (χ0v) is 11.9. The van der Waals surface area contributed by atoms with Gasteiger partial charge in [-0.1, -0.05) is 64.7 Å². The van der Waals surface area contributed by atoms with Gasteiger partial charge >= 0.3 is 0 Å².